The van der Waals surface area contributed by atoms with Gasteiger partial charge in [0.25, 0.3) is 0 Å². The van der Waals surface area contributed by atoms with Crippen molar-refractivity contribution < 1.29 is 14.7 Å². The number of hydrogen-bond donors (Lipinski definition) is 5. The molecule has 2 saturated heterocycles. The van der Waals surface area contributed by atoms with Crippen molar-refractivity contribution in [2.24, 2.45) is 0 Å². The molecule has 11 heteroatoms. The molecular formula is C27H32N8O3. The van der Waals surface area contributed by atoms with Crippen LogP contribution in [-0.2, 0) is 0 Å². The Kier molecular flexibility index (Phi) is 6.81. The van der Waals surface area contributed by atoms with E-state index in [4.69, 9.17) is 5.11 Å². The number of ketones is 1. The van der Waals surface area contributed by atoms with Crippen molar-refractivity contribution >= 4 is 23.2 Å². The maximum atomic E-state index is 13.7. The number of β-amino-alcohol motifs (C(OH)–C–C–N with tert-alkyl or cyclic N) is 1. The van der Waals surface area contributed by atoms with Gasteiger partial charge in [-0.05, 0) is 18.2 Å². The molecule has 2 aliphatic heterocycles. The van der Waals surface area contributed by atoms with Gasteiger partial charge in [-0.1, -0.05) is 24.3 Å². The van der Waals surface area contributed by atoms with Crippen LogP contribution in [0.1, 0.15) is 15.9 Å². The first-order valence-corrected chi connectivity index (χ1v) is 13.1. The minimum Gasteiger partial charge on any atom is -0.395 e. The van der Waals surface area contributed by atoms with Crippen LogP contribution in [0.3, 0.4) is 0 Å². The molecule has 3 aromatic rings. The summed E-state index contributed by atoms with van der Waals surface area (Å²) < 4.78 is 0. The molecule has 38 heavy (non-hydrogen) atoms. The second-order valence-corrected chi connectivity index (χ2v) is 9.78. The summed E-state index contributed by atoms with van der Waals surface area (Å²) >= 11 is 0. The maximum absolute atomic E-state index is 13.7. The molecule has 1 aliphatic carbocycles. The van der Waals surface area contributed by atoms with Gasteiger partial charge in [-0.15, -0.1) is 0 Å². The first-order chi connectivity index (χ1) is 18.6. The fourth-order valence-corrected chi connectivity index (χ4v) is 5.47. The summed E-state index contributed by atoms with van der Waals surface area (Å²) in [5.41, 5.74) is 8.40. The second-order valence-electron chi connectivity index (χ2n) is 9.78. The first-order valence-electron chi connectivity index (χ1n) is 13.1. The highest BCUT2D eigenvalue weighted by molar-refractivity contribution is 6.26. The van der Waals surface area contributed by atoms with Crippen molar-refractivity contribution in [1.29, 1.82) is 0 Å². The summed E-state index contributed by atoms with van der Waals surface area (Å²) in [6, 6.07) is 13.2. The lowest BCUT2D eigenvalue weighted by Gasteiger charge is -2.34. The van der Waals surface area contributed by atoms with Crippen molar-refractivity contribution in [2.75, 3.05) is 75.7 Å². The fourth-order valence-electron chi connectivity index (χ4n) is 5.47. The van der Waals surface area contributed by atoms with Crippen LogP contribution in [0.25, 0.3) is 22.5 Å². The smallest absolute Gasteiger partial charge is 0.333 e. The van der Waals surface area contributed by atoms with Gasteiger partial charge in [-0.2, -0.15) is 5.10 Å². The summed E-state index contributed by atoms with van der Waals surface area (Å²) in [6.45, 7) is 7.48. The molecule has 3 heterocycles. The van der Waals surface area contributed by atoms with Crippen LogP contribution in [0.15, 0.2) is 42.5 Å². The van der Waals surface area contributed by atoms with Gasteiger partial charge in [0.15, 0.2) is 5.78 Å². The molecule has 0 spiro atoms. The number of carbonyl (C=O) groups excluding carboxylic acids is 2. The minimum atomic E-state index is -0.390. The van der Waals surface area contributed by atoms with E-state index in [2.05, 4.69) is 48.2 Å². The van der Waals surface area contributed by atoms with Gasteiger partial charge in [-0.3, -0.25) is 20.2 Å². The Bertz CT molecular complexity index is 1320. The Hall–Kier alpha value is -3.77. The number of carbonyl (C=O) groups is 2. The maximum Gasteiger partial charge on any atom is 0.333 e. The van der Waals surface area contributed by atoms with Gasteiger partial charge >= 0.3 is 6.03 Å². The molecule has 2 aromatic carbocycles. The molecule has 0 atom stereocenters. The zero-order chi connectivity index (χ0) is 26.1. The molecule has 11 nitrogen and oxygen atoms in total. The number of piperazine rings is 2. The third-order valence-corrected chi connectivity index (χ3v) is 7.47. The highest BCUT2D eigenvalue weighted by Gasteiger charge is 2.35. The average molecular weight is 517 g/mol. The molecule has 2 amide bonds. The van der Waals surface area contributed by atoms with Gasteiger partial charge in [0.1, 0.15) is 5.69 Å². The molecule has 6 rings (SSSR count). The zero-order valence-electron chi connectivity index (χ0n) is 21.2. The lowest BCUT2D eigenvalue weighted by atomic mass is 10.0. The van der Waals surface area contributed by atoms with E-state index in [1.165, 1.54) is 0 Å². The fraction of sp³-hybridized carbons (Fsp3) is 0.370. The molecule has 0 unspecified atom stereocenters. The van der Waals surface area contributed by atoms with Gasteiger partial charge in [-0.25, -0.2) is 9.80 Å². The Labute approximate surface area is 220 Å². The highest BCUT2D eigenvalue weighted by atomic mass is 16.3. The van der Waals surface area contributed by atoms with Crippen LogP contribution >= 0.6 is 0 Å². The summed E-state index contributed by atoms with van der Waals surface area (Å²) in [6.07, 6.45) is 0. The minimum absolute atomic E-state index is 0.127. The molecule has 5 N–H and O–H groups in total. The van der Waals surface area contributed by atoms with Crippen LogP contribution < -0.4 is 21.0 Å². The Morgan fingerprint density at radius 2 is 1.74 bits per heavy atom. The molecule has 2 fully saturated rings. The predicted octanol–water partition coefficient (Wildman–Crippen LogP) is 1.34. The number of nitrogens with one attached hydrogen (secondary N) is 4. The Morgan fingerprint density at radius 1 is 0.974 bits per heavy atom. The number of rotatable bonds is 6. The quantitative estimate of drug-likeness (QED) is 0.260. The molecule has 0 bridgehead atoms. The third kappa shape index (κ3) is 4.65. The summed E-state index contributed by atoms with van der Waals surface area (Å²) in [7, 11) is 0. The second kappa shape index (κ2) is 10.5. The average Bonchev–Trinajstić information content (AvgIpc) is 3.51. The number of benzene rings is 2. The summed E-state index contributed by atoms with van der Waals surface area (Å²) in [5, 5.41) is 24.8. The summed E-state index contributed by atoms with van der Waals surface area (Å²) in [5.74, 6) is -0.154. The Balaban J connectivity index is 1.17. The van der Waals surface area contributed by atoms with Crippen molar-refractivity contribution in [1.82, 2.24) is 30.8 Å². The number of anilines is 2. The van der Waals surface area contributed by atoms with Crippen LogP contribution in [0.4, 0.5) is 16.2 Å². The molecule has 0 saturated carbocycles. The van der Waals surface area contributed by atoms with Gasteiger partial charge in [0, 0.05) is 75.7 Å². The molecule has 0 radical (unpaired) electrons. The number of aromatic nitrogens is 2. The van der Waals surface area contributed by atoms with E-state index < -0.39 is 0 Å². The van der Waals surface area contributed by atoms with E-state index in [-0.39, 0.29) is 18.4 Å². The summed E-state index contributed by atoms with van der Waals surface area (Å²) in [4.78, 5) is 31.0. The monoisotopic (exact) mass is 516 g/mol. The van der Waals surface area contributed by atoms with Gasteiger partial charge in [0.05, 0.1) is 29.1 Å². The van der Waals surface area contributed by atoms with E-state index in [0.29, 0.717) is 47.8 Å². The number of amides is 2. The van der Waals surface area contributed by atoms with Crippen LogP contribution in [0, 0.1) is 0 Å². The predicted molar refractivity (Wildman–Crippen MR) is 145 cm³/mol. The van der Waals surface area contributed by atoms with Crippen molar-refractivity contribution in [2.45, 2.75) is 0 Å². The topological polar surface area (TPSA) is 129 Å². The number of nitrogens with zero attached hydrogens (tertiary/aromatic N) is 4. The van der Waals surface area contributed by atoms with Crippen LogP contribution in [-0.4, -0.2) is 103 Å². The third-order valence-electron chi connectivity index (χ3n) is 7.47. The lowest BCUT2D eigenvalue weighted by Crippen LogP contribution is -2.54. The van der Waals surface area contributed by atoms with E-state index >= 15 is 0 Å². The molecule has 1 aromatic heterocycles. The zero-order valence-corrected chi connectivity index (χ0v) is 21.2. The lowest BCUT2D eigenvalue weighted by molar-refractivity contribution is 0.0881. The van der Waals surface area contributed by atoms with Crippen LogP contribution in [0.2, 0.25) is 0 Å². The van der Waals surface area contributed by atoms with Crippen molar-refractivity contribution in [3.05, 3.63) is 53.6 Å². The SMILES string of the molecule is O=C(Nc1cccc2c1C(=O)c1c(-c3ccc(N4CCNCC4)cc3)n[nH]c1-2)NN1CCN(CCO)CC1. The van der Waals surface area contributed by atoms with E-state index in [9.17, 15) is 9.59 Å². The number of fused-ring (bicyclic) bond motifs is 3. The number of hydrogen-bond acceptors (Lipinski definition) is 8. The normalized spacial score (nSPS) is 17.8. The largest absolute Gasteiger partial charge is 0.395 e. The first kappa shape index (κ1) is 24.6. The standard InChI is InChI=1S/C27H32N8O3/c36-17-16-33-12-14-35(15-13-33)32-27(38)29-21-3-1-2-20-22(21)26(37)23-24(30-31-25(20)23)18-4-6-19(7-5-18)34-10-8-28-9-11-34/h1-7,28,36H,8-17H2,(H,30,31)(H2,29,32,38). The number of urea groups is 1. The van der Waals surface area contributed by atoms with Crippen LogP contribution in [0.5, 0.6) is 0 Å². The number of aromatic amines is 1. The molecule has 198 valence electrons. The number of hydrazine groups is 1. The number of H-pyrrole nitrogens is 1. The van der Waals surface area contributed by atoms with Crippen molar-refractivity contribution in [3.63, 3.8) is 0 Å². The van der Waals surface area contributed by atoms with E-state index in [1.807, 2.05) is 29.3 Å². The van der Waals surface area contributed by atoms with E-state index in [0.717, 1.165) is 56.1 Å². The number of aliphatic hydroxyl groups is 1. The van der Waals surface area contributed by atoms with Gasteiger partial charge in [0.2, 0.25) is 0 Å². The van der Waals surface area contributed by atoms with Gasteiger partial charge < -0.3 is 20.6 Å². The highest BCUT2D eigenvalue weighted by Crippen LogP contribution is 2.43. The number of aliphatic hydroxyl groups excluding tert-OH is 1. The Morgan fingerprint density at radius 3 is 2.47 bits per heavy atom. The van der Waals surface area contributed by atoms with Crippen molar-refractivity contribution in [3.8, 4) is 22.5 Å². The van der Waals surface area contributed by atoms with E-state index in [1.54, 1.807) is 6.07 Å². The molecular weight excluding hydrogens is 484 g/mol. The molecule has 3 aliphatic rings.